The first kappa shape index (κ1) is 14.0. The van der Waals surface area contributed by atoms with Crippen molar-refractivity contribution in [2.45, 2.75) is 24.5 Å². The SMILES string of the molecule is CCc1ncc(S(=O)(=O)N2CCOC(C(=O)O)C2)[nH]1. The number of hydrogen-bond donors (Lipinski definition) is 2. The summed E-state index contributed by atoms with van der Waals surface area (Å²) >= 11 is 0. The van der Waals surface area contributed by atoms with Crippen LogP contribution in [0.2, 0.25) is 0 Å². The molecule has 1 aliphatic heterocycles. The van der Waals surface area contributed by atoms with Gasteiger partial charge in [0.1, 0.15) is 5.82 Å². The maximum absolute atomic E-state index is 12.3. The Morgan fingerprint density at radius 3 is 3.00 bits per heavy atom. The molecule has 1 saturated heterocycles. The lowest BCUT2D eigenvalue weighted by molar-refractivity contribution is -0.153. The molecule has 0 radical (unpaired) electrons. The number of aromatic amines is 1. The molecule has 19 heavy (non-hydrogen) atoms. The number of aryl methyl sites for hydroxylation is 1. The van der Waals surface area contributed by atoms with Crippen molar-refractivity contribution in [2.24, 2.45) is 0 Å². The fourth-order valence-corrected chi connectivity index (χ4v) is 3.14. The van der Waals surface area contributed by atoms with E-state index in [-0.39, 0.29) is 24.7 Å². The molecule has 1 aromatic rings. The average Bonchev–Trinajstić information content (AvgIpc) is 2.88. The summed E-state index contributed by atoms with van der Waals surface area (Å²) < 4.78 is 30.7. The highest BCUT2D eigenvalue weighted by Crippen LogP contribution is 2.17. The van der Waals surface area contributed by atoms with Gasteiger partial charge in [0, 0.05) is 13.0 Å². The summed E-state index contributed by atoms with van der Waals surface area (Å²) in [6.45, 7) is 1.85. The molecule has 0 spiro atoms. The Balaban J connectivity index is 2.21. The van der Waals surface area contributed by atoms with Crippen LogP contribution in [-0.4, -0.2) is 59.6 Å². The van der Waals surface area contributed by atoms with Crippen molar-refractivity contribution >= 4 is 16.0 Å². The van der Waals surface area contributed by atoms with E-state index in [1.54, 1.807) is 0 Å². The summed E-state index contributed by atoms with van der Waals surface area (Å²) in [7, 11) is -3.75. The van der Waals surface area contributed by atoms with Crippen molar-refractivity contribution in [3.8, 4) is 0 Å². The molecule has 2 N–H and O–H groups in total. The molecular weight excluding hydrogens is 274 g/mol. The number of aliphatic carboxylic acids is 1. The van der Waals surface area contributed by atoms with Gasteiger partial charge < -0.3 is 14.8 Å². The van der Waals surface area contributed by atoms with Gasteiger partial charge in [0.25, 0.3) is 10.0 Å². The lowest BCUT2D eigenvalue weighted by atomic mass is 10.3. The van der Waals surface area contributed by atoms with Crippen LogP contribution in [0, 0.1) is 0 Å². The molecule has 1 aromatic heterocycles. The standard InChI is InChI=1S/C10H15N3O5S/c1-2-8-11-5-9(12-8)19(16,17)13-3-4-18-7(6-13)10(14)15/h5,7H,2-4,6H2,1H3,(H,11,12)(H,14,15). The van der Waals surface area contributed by atoms with E-state index in [0.717, 1.165) is 4.31 Å². The molecule has 1 unspecified atom stereocenters. The first-order valence-electron chi connectivity index (χ1n) is 5.83. The van der Waals surface area contributed by atoms with E-state index in [1.807, 2.05) is 6.92 Å². The van der Waals surface area contributed by atoms with E-state index in [0.29, 0.717) is 12.2 Å². The highest BCUT2D eigenvalue weighted by molar-refractivity contribution is 7.89. The highest BCUT2D eigenvalue weighted by Gasteiger charge is 2.34. The largest absolute Gasteiger partial charge is 0.479 e. The van der Waals surface area contributed by atoms with Crippen molar-refractivity contribution in [1.29, 1.82) is 0 Å². The summed E-state index contributed by atoms with van der Waals surface area (Å²) in [6, 6.07) is 0. The minimum Gasteiger partial charge on any atom is -0.479 e. The molecule has 2 rings (SSSR count). The number of imidazole rings is 1. The van der Waals surface area contributed by atoms with Gasteiger partial charge >= 0.3 is 5.97 Å². The van der Waals surface area contributed by atoms with E-state index in [2.05, 4.69) is 9.97 Å². The average molecular weight is 289 g/mol. The number of rotatable bonds is 4. The lowest BCUT2D eigenvalue weighted by Crippen LogP contribution is -2.48. The van der Waals surface area contributed by atoms with Gasteiger partial charge in [-0.3, -0.25) is 0 Å². The van der Waals surface area contributed by atoms with Crippen LogP contribution in [0.1, 0.15) is 12.7 Å². The Labute approximate surface area is 110 Å². The van der Waals surface area contributed by atoms with Crippen LogP contribution < -0.4 is 0 Å². The number of carboxylic acids is 1. The second kappa shape index (κ2) is 5.27. The number of H-pyrrole nitrogens is 1. The maximum atomic E-state index is 12.3. The molecule has 8 nitrogen and oxygen atoms in total. The van der Waals surface area contributed by atoms with Gasteiger partial charge in [0.2, 0.25) is 0 Å². The Morgan fingerprint density at radius 2 is 2.42 bits per heavy atom. The van der Waals surface area contributed by atoms with Crippen LogP contribution >= 0.6 is 0 Å². The van der Waals surface area contributed by atoms with Gasteiger partial charge in [0.15, 0.2) is 11.1 Å². The van der Waals surface area contributed by atoms with Crippen molar-refractivity contribution in [3.05, 3.63) is 12.0 Å². The van der Waals surface area contributed by atoms with E-state index < -0.39 is 22.1 Å². The Morgan fingerprint density at radius 1 is 1.68 bits per heavy atom. The molecule has 9 heteroatoms. The number of carboxylic acid groups (broad SMARTS) is 1. The van der Waals surface area contributed by atoms with Gasteiger partial charge in [-0.15, -0.1) is 0 Å². The molecule has 1 fully saturated rings. The number of nitrogens with one attached hydrogen (secondary N) is 1. The van der Waals surface area contributed by atoms with Gasteiger partial charge in [-0.05, 0) is 0 Å². The van der Waals surface area contributed by atoms with E-state index >= 15 is 0 Å². The number of morpholine rings is 1. The number of carbonyl (C=O) groups is 1. The number of hydrogen-bond acceptors (Lipinski definition) is 5. The molecule has 0 saturated carbocycles. The van der Waals surface area contributed by atoms with E-state index in [9.17, 15) is 13.2 Å². The zero-order valence-electron chi connectivity index (χ0n) is 10.4. The summed E-state index contributed by atoms with van der Waals surface area (Å²) in [5.41, 5.74) is 0. The molecule has 1 atom stereocenters. The second-order valence-electron chi connectivity index (χ2n) is 4.11. The molecular formula is C10H15N3O5S. The van der Waals surface area contributed by atoms with Crippen molar-refractivity contribution < 1.29 is 23.1 Å². The third-order valence-electron chi connectivity index (χ3n) is 2.86. The fourth-order valence-electron chi connectivity index (χ4n) is 1.79. The third-order valence-corrected chi connectivity index (χ3v) is 4.64. The minimum atomic E-state index is -3.75. The quantitative estimate of drug-likeness (QED) is 0.768. The van der Waals surface area contributed by atoms with Gasteiger partial charge in [-0.2, -0.15) is 4.31 Å². The Hall–Kier alpha value is -1.45. The summed E-state index contributed by atoms with van der Waals surface area (Å²) in [5, 5.41) is 8.85. The van der Waals surface area contributed by atoms with Gasteiger partial charge in [0.05, 0.1) is 19.3 Å². The molecule has 1 aliphatic rings. The van der Waals surface area contributed by atoms with Crippen molar-refractivity contribution in [3.63, 3.8) is 0 Å². The monoisotopic (exact) mass is 289 g/mol. The zero-order valence-corrected chi connectivity index (χ0v) is 11.2. The second-order valence-corrected chi connectivity index (χ2v) is 6.01. The minimum absolute atomic E-state index is 0.0182. The molecule has 0 aromatic carbocycles. The summed E-state index contributed by atoms with van der Waals surface area (Å²) in [4.78, 5) is 17.5. The topological polar surface area (TPSA) is 113 Å². The van der Waals surface area contributed by atoms with E-state index in [1.165, 1.54) is 6.20 Å². The molecule has 0 aliphatic carbocycles. The summed E-state index contributed by atoms with van der Waals surface area (Å²) in [5.74, 6) is -0.597. The Bertz CT molecular complexity index is 567. The van der Waals surface area contributed by atoms with Crippen molar-refractivity contribution in [2.75, 3.05) is 19.7 Å². The lowest BCUT2D eigenvalue weighted by Gasteiger charge is -2.29. The predicted octanol–water partition coefficient (Wildman–Crippen LogP) is -0.554. The number of nitrogens with zero attached hydrogens (tertiary/aromatic N) is 2. The molecule has 106 valence electrons. The molecule has 2 heterocycles. The predicted molar refractivity (Wildman–Crippen MR) is 64.1 cm³/mol. The highest BCUT2D eigenvalue weighted by atomic mass is 32.2. The molecule has 0 amide bonds. The maximum Gasteiger partial charge on any atom is 0.334 e. The van der Waals surface area contributed by atoms with Crippen LogP contribution in [0.15, 0.2) is 11.2 Å². The number of ether oxygens (including phenoxy) is 1. The van der Waals surface area contributed by atoms with E-state index in [4.69, 9.17) is 9.84 Å². The van der Waals surface area contributed by atoms with Crippen LogP contribution in [-0.2, 0) is 26.0 Å². The van der Waals surface area contributed by atoms with Gasteiger partial charge in [-0.1, -0.05) is 6.92 Å². The first-order chi connectivity index (χ1) is 8.95. The first-order valence-corrected chi connectivity index (χ1v) is 7.27. The molecule has 0 bridgehead atoms. The van der Waals surface area contributed by atoms with Crippen molar-refractivity contribution in [1.82, 2.24) is 14.3 Å². The summed E-state index contributed by atoms with van der Waals surface area (Å²) in [6.07, 6.45) is 0.715. The smallest absolute Gasteiger partial charge is 0.334 e. The number of aromatic nitrogens is 2. The van der Waals surface area contributed by atoms with Crippen LogP contribution in [0.4, 0.5) is 0 Å². The van der Waals surface area contributed by atoms with Crippen LogP contribution in [0.25, 0.3) is 0 Å². The Kier molecular flexibility index (Phi) is 3.88. The fraction of sp³-hybridized carbons (Fsp3) is 0.600. The normalized spacial score (nSPS) is 21.4. The number of sulfonamides is 1. The zero-order chi connectivity index (χ0) is 14.0. The van der Waals surface area contributed by atoms with Crippen LogP contribution in [0.5, 0.6) is 0 Å². The van der Waals surface area contributed by atoms with Crippen LogP contribution in [0.3, 0.4) is 0 Å². The van der Waals surface area contributed by atoms with Gasteiger partial charge in [-0.25, -0.2) is 18.2 Å². The third kappa shape index (κ3) is 2.77.